The number of rotatable bonds is 1. The molecule has 0 aliphatic carbocycles. The van der Waals surface area contributed by atoms with Crippen LogP contribution < -0.4 is 0 Å². The molecule has 0 unspecified atom stereocenters. The lowest BCUT2D eigenvalue weighted by atomic mass is 9.73. The van der Waals surface area contributed by atoms with E-state index in [-0.39, 0.29) is 0 Å². The van der Waals surface area contributed by atoms with Crippen molar-refractivity contribution in [2.75, 3.05) is 32.7 Å². The molecule has 0 aromatic heterocycles. The van der Waals surface area contributed by atoms with Crippen molar-refractivity contribution in [2.45, 2.75) is 19.8 Å². The van der Waals surface area contributed by atoms with Gasteiger partial charge in [-0.05, 0) is 37.9 Å². The fourth-order valence-corrected chi connectivity index (χ4v) is 3.79. The zero-order valence-corrected chi connectivity index (χ0v) is 9.88. The molecule has 0 aromatic carbocycles. The lowest BCUT2D eigenvalue weighted by Gasteiger charge is -2.51. The number of halogens is 1. The summed E-state index contributed by atoms with van der Waals surface area (Å²) in [7, 11) is 0. The molecule has 0 aromatic rings. The molecular weight excluding hydrogens is 263 g/mol. The van der Waals surface area contributed by atoms with Gasteiger partial charge in [0.25, 0.3) is 0 Å². The van der Waals surface area contributed by atoms with Crippen LogP contribution in [0, 0.1) is 5.41 Å². The Balaban J connectivity index is 1.83. The van der Waals surface area contributed by atoms with Crippen LogP contribution in [0.3, 0.4) is 0 Å². The van der Waals surface area contributed by atoms with Crippen LogP contribution in [-0.2, 0) is 0 Å². The first kappa shape index (κ1) is 9.21. The maximum Gasteiger partial charge on any atom is 0.0201 e. The van der Waals surface area contributed by atoms with Gasteiger partial charge in [0.2, 0.25) is 0 Å². The molecule has 2 rings (SSSR count). The van der Waals surface area contributed by atoms with Crippen LogP contribution >= 0.6 is 22.9 Å². The number of hydrogen-bond acceptors (Lipinski definition) is 2. The summed E-state index contributed by atoms with van der Waals surface area (Å²) in [6, 6.07) is 0. The molecule has 2 aliphatic heterocycles. The van der Waals surface area contributed by atoms with Crippen LogP contribution in [0.2, 0.25) is 0 Å². The molecular formula is C9H17IN2. The Hall–Kier alpha value is 0.650. The maximum atomic E-state index is 2.57. The van der Waals surface area contributed by atoms with Gasteiger partial charge in [0.1, 0.15) is 0 Å². The summed E-state index contributed by atoms with van der Waals surface area (Å²) >= 11 is 2.44. The summed E-state index contributed by atoms with van der Waals surface area (Å²) in [6.07, 6.45) is 2.86. The van der Waals surface area contributed by atoms with Crippen LogP contribution in [0.4, 0.5) is 0 Å². The van der Waals surface area contributed by atoms with Gasteiger partial charge in [-0.1, -0.05) is 6.92 Å². The summed E-state index contributed by atoms with van der Waals surface area (Å²) < 4.78 is 2.42. The van der Waals surface area contributed by atoms with Crippen LogP contribution in [0.15, 0.2) is 0 Å². The Kier molecular flexibility index (Phi) is 2.63. The Morgan fingerprint density at radius 1 is 1.25 bits per heavy atom. The molecule has 0 atom stereocenters. The molecule has 3 heteroatoms. The summed E-state index contributed by atoms with van der Waals surface area (Å²) in [5.41, 5.74) is 0.729. The van der Waals surface area contributed by atoms with Gasteiger partial charge in [-0.15, -0.1) is 0 Å². The van der Waals surface area contributed by atoms with Gasteiger partial charge < -0.3 is 4.90 Å². The van der Waals surface area contributed by atoms with Crippen molar-refractivity contribution in [3.05, 3.63) is 0 Å². The Labute approximate surface area is 88.8 Å². The minimum atomic E-state index is 0.729. The van der Waals surface area contributed by atoms with Gasteiger partial charge in [-0.25, -0.2) is 3.11 Å². The van der Waals surface area contributed by atoms with Gasteiger partial charge >= 0.3 is 0 Å². The molecule has 1 spiro atoms. The molecule has 0 bridgehead atoms. The summed E-state index contributed by atoms with van der Waals surface area (Å²) in [6.45, 7) is 8.85. The molecule has 2 heterocycles. The number of piperidine rings is 1. The second kappa shape index (κ2) is 3.42. The standard InChI is InChI=1S/C9H17IN2/c1-2-11-5-3-9(4-6-11)7-12(10)8-9/h2-8H2,1H3. The molecule has 12 heavy (non-hydrogen) atoms. The predicted molar refractivity (Wildman–Crippen MR) is 59.4 cm³/mol. The van der Waals surface area contributed by atoms with Crippen molar-refractivity contribution in [2.24, 2.45) is 5.41 Å². The normalized spacial score (nSPS) is 30.5. The second-order valence-electron chi connectivity index (χ2n) is 4.21. The number of likely N-dealkylation sites (tertiary alicyclic amines) is 1. The lowest BCUT2D eigenvalue weighted by molar-refractivity contribution is 0.0175. The van der Waals surface area contributed by atoms with Crippen molar-refractivity contribution in [1.29, 1.82) is 0 Å². The highest BCUT2D eigenvalue weighted by atomic mass is 127. The van der Waals surface area contributed by atoms with Crippen LogP contribution in [0.5, 0.6) is 0 Å². The maximum absolute atomic E-state index is 2.57. The minimum Gasteiger partial charge on any atom is -0.304 e. The van der Waals surface area contributed by atoms with E-state index in [1.807, 2.05) is 0 Å². The van der Waals surface area contributed by atoms with Gasteiger partial charge in [-0.3, -0.25) is 0 Å². The first-order chi connectivity index (χ1) is 5.74. The highest BCUT2D eigenvalue weighted by Crippen LogP contribution is 2.41. The molecule has 0 N–H and O–H groups in total. The van der Waals surface area contributed by atoms with Crippen LogP contribution in [-0.4, -0.2) is 40.7 Å². The zero-order valence-electron chi connectivity index (χ0n) is 7.72. The second-order valence-corrected chi connectivity index (χ2v) is 5.58. The molecule has 0 radical (unpaired) electrons. The Bertz CT molecular complexity index is 156. The molecule has 2 nitrogen and oxygen atoms in total. The molecule has 0 amide bonds. The molecule has 2 aliphatic rings. The fraction of sp³-hybridized carbons (Fsp3) is 1.00. The summed E-state index contributed by atoms with van der Waals surface area (Å²) in [4.78, 5) is 2.57. The van der Waals surface area contributed by atoms with Crippen molar-refractivity contribution < 1.29 is 0 Å². The van der Waals surface area contributed by atoms with E-state index in [0.29, 0.717) is 0 Å². The van der Waals surface area contributed by atoms with Crippen molar-refractivity contribution in [3.63, 3.8) is 0 Å². The van der Waals surface area contributed by atoms with Gasteiger partial charge in [0, 0.05) is 36.0 Å². The van der Waals surface area contributed by atoms with E-state index >= 15 is 0 Å². The van der Waals surface area contributed by atoms with Gasteiger partial charge in [-0.2, -0.15) is 0 Å². The average molecular weight is 280 g/mol. The van der Waals surface area contributed by atoms with E-state index in [9.17, 15) is 0 Å². The van der Waals surface area contributed by atoms with Crippen molar-refractivity contribution >= 4 is 22.9 Å². The van der Waals surface area contributed by atoms with E-state index in [2.05, 4.69) is 37.8 Å². The Morgan fingerprint density at radius 2 is 1.83 bits per heavy atom. The number of nitrogens with zero attached hydrogens (tertiary/aromatic N) is 2. The number of hydrogen-bond donors (Lipinski definition) is 0. The van der Waals surface area contributed by atoms with Crippen LogP contribution in [0.25, 0.3) is 0 Å². The minimum absolute atomic E-state index is 0.729. The van der Waals surface area contributed by atoms with Gasteiger partial charge in [0.15, 0.2) is 0 Å². The smallest absolute Gasteiger partial charge is 0.0201 e. The van der Waals surface area contributed by atoms with E-state index < -0.39 is 0 Å². The van der Waals surface area contributed by atoms with E-state index in [0.717, 1.165) is 5.41 Å². The first-order valence-corrected chi connectivity index (χ1v) is 5.84. The highest BCUT2D eigenvalue weighted by Gasteiger charge is 2.43. The molecule has 2 fully saturated rings. The zero-order chi connectivity index (χ0) is 8.60. The molecule has 70 valence electrons. The van der Waals surface area contributed by atoms with Gasteiger partial charge in [0.05, 0.1) is 0 Å². The third kappa shape index (κ3) is 1.63. The summed E-state index contributed by atoms with van der Waals surface area (Å²) in [5, 5.41) is 0. The predicted octanol–water partition coefficient (Wildman–Crippen LogP) is 1.75. The SMILES string of the molecule is CCN1CCC2(CC1)CN(I)C2. The summed E-state index contributed by atoms with van der Waals surface area (Å²) in [5.74, 6) is 0. The highest BCUT2D eigenvalue weighted by molar-refractivity contribution is 14.1. The van der Waals surface area contributed by atoms with Crippen molar-refractivity contribution in [3.8, 4) is 0 Å². The first-order valence-electron chi connectivity index (χ1n) is 4.87. The fourth-order valence-electron chi connectivity index (χ4n) is 2.34. The van der Waals surface area contributed by atoms with E-state index in [4.69, 9.17) is 0 Å². The van der Waals surface area contributed by atoms with E-state index in [1.165, 1.54) is 45.6 Å². The lowest BCUT2D eigenvalue weighted by Crippen LogP contribution is -2.56. The monoisotopic (exact) mass is 280 g/mol. The molecule has 0 saturated carbocycles. The quantitative estimate of drug-likeness (QED) is 0.533. The topological polar surface area (TPSA) is 6.48 Å². The third-order valence-electron chi connectivity index (χ3n) is 3.38. The van der Waals surface area contributed by atoms with Crippen LogP contribution in [0.1, 0.15) is 19.8 Å². The largest absolute Gasteiger partial charge is 0.304 e. The molecule has 2 saturated heterocycles. The Morgan fingerprint density at radius 3 is 2.25 bits per heavy atom. The average Bonchev–Trinajstić information content (AvgIpc) is 2.04. The van der Waals surface area contributed by atoms with E-state index in [1.54, 1.807) is 0 Å². The van der Waals surface area contributed by atoms with Crippen molar-refractivity contribution in [1.82, 2.24) is 8.01 Å². The third-order valence-corrected chi connectivity index (χ3v) is 4.06.